The molecule has 0 heterocycles. The van der Waals surface area contributed by atoms with Crippen molar-refractivity contribution in [2.45, 2.75) is 0 Å². The Morgan fingerprint density at radius 3 is 2.38 bits per heavy atom. The van der Waals surface area contributed by atoms with Crippen molar-refractivity contribution in [3.8, 4) is 5.75 Å². The molecular weight excluding hydrogens is 406 g/mol. The number of anilines is 1. The van der Waals surface area contributed by atoms with Gasteiger partial charge in [-0.25, -0.2) is 4.79 Å². The standard InChI is InChI=1S/C14H9Br2NO4/c15-8-2-3-9(10(16)6-8)13(19)17-11-5-7(14(20)21)1-4-12(11)18/h1-6,18H,(H,17,19)(H,20,21). The van der Waals surface area contributed by atoms with Gasteiger partial charge in [0.15, 0.2) is 0 Å². The van der Waals surface area contributed by atoms with Crippen LogP contribution in [0.4, 0.5) is 5.69 Å². The maximum atomic E-state index is 12.2. The minimum Gasteiger partial charge on any atom is -0.506 e. The molecule has 0 aliphatic carbocycles. The van der Waals surface area contributed by atoms with Gasteiger partial charge in [0.1, 0.15) is 5.75 Å². The summed E-state index contributed by atoms with van der Waals surface area (Å²) in [5.41, 5.74) is 0.367. The monoisotopic (exact) mass is 413 g/mol. The quantitative estimate of drug-likeness (QED) is 0.665. The molecule has 0 atom stereocenters. The van der Waals surface area contributed by atoms with Crippen molar-refractivity contribution in [1.29, 1.82) is 0 Å². The minimum atomic E-state index is -1.14. The molecule has 0 radical (unpaired) electrons. The summed E-state index contributed by atoms with van der Waals surface area (Å²) in [5, 5.41) is 21.1. The number of carbonyl (C=O) groups excluding carboxylic acids is 1. The van der Waals surface area contributed by atoms with Gasteiger partial charge in [0.2, 0.25) is 0 Å². The molecule has 2 aromatic rings. The van der Waals surface area contributed by atoms with Crippen LogP contribution < -0.4 is 5.32 Å². The molecule has 0 unspecified atom stereocenters. The van der Waals surface area contributed by atoms with E-state index in [1.165, 1.54) is 18.2 Å². The molecule has 1 amide bonds. The Morgan fingerprint density at radius 1 is 1.05 bits per heavy atom. The Bertz CT molecular complexity index is 731. The zero-order valence-corrected chi connectivity index (χ0v) is 13.6. The van der Waals surface area contributed by atoms with E-state index >= 15 is 0 Å². The number of carbonyl (C=O) groups is 2. The fraction of sp³-hybridized carbons (Fsp3) is 0. The number of phenolic OH excluding ortho intramolecular Hbond substituents is 1. The molecule has 0 aromatic heterocycles. The lowest BCUT2D eigenvalue weighted by atomic mass is 10.1. The van der Waals surface area contributed by atoms with Crippen LogP contribution >= 0.6 is 31.9 Å². The maximum absolute atomic E-state index is 12.2. The van der Waals surface area contributed by atoms with Crippen LogP contribution in [0.3, 0.4) is 0 Å². The average Bonchev–Trinajstić information content (AvgIpc) is 2.40. The summed E-state index contributed by atoms with van der Waals surface area (Å²) in [7, 11) is 0. The van der Waals surface area contributed by atoms with Crippen LogP contribution in [0, 0.1) is 0 Å². The van der Waals surface area contributed by atoms with Crippen molar-refractivity contribution < 1.29 is 19.8 Å². The van der Waals surface area contributed by atoms with Crippen molar-refractivity contribution in [3.05, 3.63) is 56.5 Å². The largest absolute Gasteiger partial charge is 0.506 e. The van der Waals surface area contributed by atoms with Crippen molar-refractivity contribution in [1.82, 2.24) is 0 Å². The van der Waals surface area contributed by atoms with Crippen molar-refractivity contribution in [3.63, 3.8) is 0 Å². The first-order valence-corrected chi connectivity index (χ1v) is 7.30. The molecule has 108 valence electrons. The third-order valence-electron chi connectivity index (χ3n) is 2.67. The number of hydrogen-bond acceptors (Lipinski definition) is 3. The number of phenols is 1. The number of carboxylic acids is 1. The van der Waals surface area contributed by atoms with E-state index in [-0.39, 0.29) is 17.0 Å². The lowest BCUT2D eigenvalue weighted by molar-refractivity contribution is 0.0696. The summed E-state index contributed by atoms with van der Waals surface area (Å²) >= 11 is 6.55. The van der Waals surface area contributed by atoms with Crippen LogP contribution in [0.15, 0.2) is 45.3 Å². The minimum absolute atomic E-state index is 0.0297. The average molecular weight is 415 g/mol. The number of aromatic carboxylic acids is 1. The first-order chi connectivity index (χ1) is 9.88. The Labute approximate surface area is 136 Å². The summed E-state index contributed by atoms with van der Waals surface area (Å²) in [6.07, 6.45) is 0. The van der Waals surface area contributed by atoms with E-state index in [0.717, 1.165) is 4.47 Å². The molecule has 0 aliphatic rings. The SMILES string of the molecule is O=C(O)c1ccc(O)c(NC(=O)c2ccc(Br)cc2Br)c1. The molecule has 2 rings (SSSR count). The van der Waals surface area contributed by atoms with E-state index in [9.17, 15) is 14.7 Å². The number of amides is 1. The van der Waals surface area contributed by atoms with E-state index in [4.69, 9.17) is 5.11 Å². The van der Waals surface area contributed by atoms with E-state index in [0.29, 0.717) is 10.0 Å². The number of benzene rings is 2. The van der Waals surface area contributed by atoms with Crippen molar-refractivity contribution >= 4 is 49.4 Å². The number of aromatic hydroxyl groups is 1. The molecule has 5 nitrogen and oxygen atoms in total. The van der Waals surface area contributed by atoms with Crippen LogP contribution in [0.2, 0.25) is 0 Å². The number of rotatable bonds is 3. The van der Waals surface area contributed by atoms with E-state index in [1.807, 2.05) is 0 Å². The van der Waals surface area contributed by atoms with E-state index < -0.39 is 11.9 Å². The lowest BCUT2D eigenvalue weighted by Crippen LogP contribution is -2.13. The highest BCUT2D eigenvalue weighted by Gasteiger charge is 2.14. The van der Waals surface area contributed by atoms with Gasteiger partial charge in [-0.2, -0.15) is 0 Å². The first kappa shape index (κ1) is 15.5. The topological polar surface area (TPSA) is 86.6 Å². The molecule has 0 spiro atoms. The Kier molecular flexibility index (Phi) is 4.64. The van der Waals surface area contributed by atoms with Crippen LogP contribution in [-0.2, 0) is 0 Å². The molecule has 0 saturated heterocycles. The summed E-state index contributed by atoms with van der Waals surface area (Å²) in [6, 6.07) is 8.68. The second-order valence-corrected chi connectivity index (χ2v) is 5.89. The highest BCUT2D eigenvalue weighted by Crippen LogP contribution is 2.27. The summed E-state index contributed by atoms with van der Waals surface area (Å²) in [6.45, 7) is 0. The summed E-state index contributed by atoms with van der Waals surface area (Å²) < 4.78 is 1.38. The second-order valence-electron chi connectivity index (χ2n) is 4.12. The van der Waals surface area contributed by atoms with Gasteiger partial charge in [-0.1, -0.05) is 15.9 Å². The first-order valence-electron chi connectivity index (χ1n) is 5.71. The fourth-order valence-electron chi connectivity index (χ4n) is 1.63. The predicted molar refractivity (Wildman–Crippen MR) is 84.9 cm³/mol. The van der Waals surface area contributed by atoms with Gasteiger partial charge < -0.3 is 15.5 Å². The third kappa shape index (κ3) is 3.62. The van der Waals surface area contributed by atoms with Crippen LogP contribution in [-0.4, -0.2) is 22.1 Å². The molecular formula is C14H9Br2NO4. The fourth-order valence-corrected chi connectivity index (χ4v) is 2.86. The second kappa shape index (κ2) is 6.28. The van der Waals surface area contributed by atoms with Crippen LogP contribution in [0.25, 0.3) is 0 Å². The van der Waals surface area contributed by atoms with Gasteiger partial charge in [-0.05, 0) is 52.3 Å². The molecule has 0 saturated carbocycles. The maximum Gasteiger partial charge on any atom is 0.335 e. The van der Waals surface area contributed by atoms with Gasteiger partial charge in [-0.3, -0.25) is 4.79 Å². The van der Waals surface area contributed by atoms with Crippen molar-refractivity contribution in [2.24, 2.45) is 0 Å². The van der Waals surface area contributed by atoms with Gasteiger partial charge in [0.05, 0.1) is 16.8 Å². The van der Waals surface area contributed by atoms with Crippen LogP contribution in [0.5, 0.6) is 5.75 Å². The lowest BCUT2D eigenvalue weighted by Gasteiger charge is -2.09. The highest BCUT2D eigenvalue weighted by atomic mass is 79.9. The number of hydrogen-bond donors (Lipinski definition) is 3. The molecule has 21 heavy (non-hydrogen) atoms. The van der Waals surface area contributed by atoms with E-state index in [1.54, 1.807) is 18.2 Å². The van der Waals surface area contributed by atoms with Crippen LogP contribution in [0.1, 0.15) is 20.7 Å². The zero-order chi connectivity index (χ0) is 15.6. The molecule has 0 fully saturated rings. The molecule has 0 aliphatic heterocycles. The number of halogens is 2. The van der Waals surface area contributed by atoms with Gasteiger partial charge in [-0.15, -0.1) is 0 Å². The van der Waals surface area contributed by atoms with Gasteiger partial charge >= 0.3 is 5.97 Å². The molecule has 3 N–H and O–H groups in total. The third-order valence-corrected chi connectivity index (χ3v) is 3.82. The predicted octanol–water partition coefficient (Wildman–Crippen LogP) is 3.87. The Hall–Kier alpha value is -1.86. The highest BCUT2D eigenvalue weighted by molar-refractivity contribution is 9.11. The zero-order valence-electron chi connectivity index (χ0n) is 10.4. The van der Waals surface area contributed by atoms with Gasteiger partial charge in [0.25, 0.3) is 5.91 Å². The van der Waals surface area contributed by atoms with Crippen molar-refractivity contribution in [2.75, 3.05) is 5.32 Å². The molecule has 0 bridgehead atoms. The number of nitrogens with one attached hydrogen (secondary N) is 1. The molecule has 2 aromatic carbocycles. The summed E-state index contributed by atoms with van der Waals surface area (Å²) in [4.78, 5) is 23.1. The van der Waals surface area contributed by atoms with E-state index in [2.05, 4.69) is 37.2 Å². The molecule has 7 heteroatoms. The Morgan fingerprint density at radius 2 is 1.76 bits per heavy atom. The van der Waals surface area contributed by atoms with Gasteiger partial charge in [0, 0.05) is 8.95 Å². The normalized spacial score (nSPS) is 10.2. The number of carboxylic acid groups (broad SMARTS) is 1. The summed E-state index contributed by atoms with van der Waals surface area (Å²) in [5.74, 6) is -1.82. The Balaban J connectivity index is 2.31. The smallest absolute Gasteiger partial charge is 0.335 e.